The van der Waals surface area contributed by atoms with Crippen LogP contribution >= 0.6 is 11.6 Å². The van der Waals surface area contributed by atoms with Gasteiger partial charge in [-0.15, -0.1) is 0 Å². The van der Waals surface area contributed by atoms with Crippen LogP contribution in [0, 0.1) is 16.7 Å². The minimum absolute atomic E-state index is 0.235. The Bertz CT molecular complexity index is 1400. The lowest BCUT2D eigenvalue weighted by Crippen LogP contribution is -2.42. The van der Waals surface area contributed by atoms with Crippen molar-refractivity contribution in [3.63, 3.8) is 0 Å². The minimum atomic E-state index is -0.241. The Morgan fingerprint density at radius 1 is 1.11 bits per heavy atom. The van der Waals surface area contributed by atoms with E-state index in [2.05, 4.69) is 39.0 Å². The third kappa shape index (κ3) is 4.76. The van der Waals surface area contributed by atoms with Crippen LogP contribution in [0.4, 0.5) is 17.1 Å². The van der Waals surface area contributed by atoms with Gasteiger partial charge in [0.05, 0.1) is 17.8 Å². The van der Waals surface area contributed by atoms with Crippen LogP contribution in [0.3, 0.4) is 0 Å². The summed E-state index contributed by atoms with van der Waals surface area (Å²) >= 11 is 6.24. The molecule has 194 valence electrons. The topological polar surface area (TPSA) is 64.7 Å². The molecule has 2 saturated heterocycles. The first-order valence-electron chi connectivity index (χ1n) is 12.9. The maximum absolute atomic E-state index is 13.3. The van der Waals surface area contributed by atoms with E-state index in [1.807, 2.05) is 31.3 Å². The van der Waals surface area contributed by atoms with Gasteiger partial charge >= 0.3 is 0 Å². The first-order chi connectivity index (χ1) is 17.9. The molecule has 7 nitrogen and oxygen atoms in total. The van der Waals surface area contributed by atoms with Gasteiger partial charge in [-0.2, -0.15) is 5.26 Å². The van der Waals surface area contributed by atoms with E-state index in [1.54, 1.807) is 18.7 Å². The number of piperidine rings is 1. The van der Waals surface area contributed by atoms with Gasteiger partial charge in [-0.1, -0.05) is 17.7 Å². The van der Waals surface area contributed by atoms with Crippen LogP contribution in [-0.4, -0.2) is 58.1 Å². The van der Waals surface area contributed by atoms with Crippen LogP contribution in [-0.2, 0) is 11.8 Å². The summed E-state index contributed by atoms with van der Waals surface area (Å²) in [5.74, 6) is 0. The average molecular weight is 520 g/mol. The second-order valence-corrected chi connectivity index (χ2v) is 10.9. The van der Waals surface area contributed by atoms with Crippen LogP contribution < -0.4 is 20.3 Å². The number of nitriles is 1. The normalized spacial score (nSPS) is 16.9. The molecule has 37 heavy (non-hydrogen) atoms. The summed E-state index contributed by atoms with van der Waals surface area (Å²) in [7, 11) is 5.46. The van der Waals surface area contributed by atoms with Crippen molar-refractivity contribution in [2.75, 3.05) is 68.2 Å². The number of methoxy groups -OCH3 is 1. The van der Waals surface area contributed by atoms with Crippen LogP contribution in [0.1, 0.15) is 24.8 Å². The van der Waals surface area contributed by atoms with Crippen molar-refractivity contribution in [1.29, 1.82) is 5.26 Å². The second kappa shape index (κ2) is 10.3. The van der Waals surface area contributed by atoms with Crippen molar-refractivity contribution in [1.82, 2.24) is 4.57 Å². The highest BCUT2D eigenvalue weighted by atomic mass is 35.5. The Morgan fingerprint density at radius 2 is 1.84 bits per heavy atom. The van der Waals surface area contributed by atoms with Crippen molar-refractivity contribution >= 4 is 39.6 Å². The summed E-state index contributed by atoms with van der Waals surface area (Å²) in [4.78, 5) is 20.1. The molecule has 1 aromatic heterocycles. The molecule has 5 rings (SSSR count). The summed E-state index contributed by atoms with van der Waals surface area (Å²) in [5, 5.41) is 11.7. The number of hydrogen-bond donors (Lipinski definition) is 0. The van der Waals surface area contributed by atoms with E-state index in [-0.39, 0.29) is 16.5 Å². The first kappa shape index (κ1) is 25.4. The second-order valence-electron chi connectivity index (χ2n) is 10.5. The first-order valence-corrected chi connectivity index (χ1v) is 13.3. The molecule has 2 aliphatic rings. The highest BCUT2D eigenvalue weighted by Crippen LogP contribution is 2.44. The number of anilines is 3. The highest BCUT2D eigenvalue weighted by Gasteiger charge is 2.41. The molecule has 2 fully saturated rings. The maximum atomic E-state index is 13.3. The molecule has 8 heteroatoms. The number of benzene rings is 2. The predicted octanol–water partition coefficient (Wildman–Crippen LogP) is 4.64. The number of halogens is 1. The SMILES string of the molecule is COCCN(C)c1ccc2c(N3CCC4(CCN(c5cccc(Cl)c5)C4)CC3)c(C#N)c(=O)n(C)c2c1. The van der Waals surface area contributed by atoms with Gasteiger partial charge < -0.3 is 24.0 Å². The van der Waals surface area contributed by atoms with Gasteiger partial charge in [0.1, 0.15) is 11.6 Å². The van der Waals surface area contributed by atoms with E-state index in [4.69, 9.17) is 16.3 Å². The zero-order valence-electron chi connectivity index (χ0n) is 21.8. The lowest BCUT2D eigenvalue weighted by Gasteiger charge is -2.41. The number of ether oxygens (including phenoxy) is 1. The molecule has 0 unspecified atom stereocenters. The fourth-order valence-electron chi connectivity index (χ4n) is 5.98. The zero-order chi connectivity index (χ0) is 26.2. The molecule has 1 spiro atoms. The summed E-state index contributed by atoms with van der Waals surface area (Å²) in [5.41, 5.74) is 4.06. The Kier molecular flexibility index (Phi) is 7.06. The van der Waals surface area contributed by atoms with Crippen LogP contribution in [0.2, 0.25) is 5.02 Å². The molecule has 3 aromatic rings. The quantitative estimate of drug-likeness (QED) is 0.472. The van der Waals surface area contributed by atoms with Crippen LogP contribution in [0.25, 0.3) is 10.9 Å². The third-order valence-electron chi connectivity index (χ3n) is 8.29. The van der Waals surface area contributed by atoms with E-state index >= 15 is 0 Å². The van der Waals surface area contributed by atoms with Crippen LogP contribution in [0.15, 0.2) is 47.3 Å². The van der Waals surface area contributed by atoms with Gasteiger partial charge in [-0.25, -0.2) is 0 Å². The van der Waals surface area contributed by atoms with E-state index < -0.39 is 0 Å². The number of aryl methyl sites for hydroxylation is 1. The molecule has 0 N–H and O–H groups in total. The molecule has 0 saturated carbocycles. The molecule has 0 amide bonds. The molecule has 0 radical (unpaired) electrons. The molecule has 3 heterocycles. The molecule has 0 aliphatic carbocycles. The van der Waals surface area contributed by atoms with Crippen molar-refractivity contribution in [3.8, 4) is 6.07 Å². The third-order valence-corrected chi connectivity index (χ3v) is 8.52. The maximum Gasteiger partial charge on any atom is 0.270 e. The van der Waals surface area contributed by atoms with Gasteiger partial charge in [0.2, 0.25) is 0 Å². The predicted molar refractivity (Wildman–Crippen MR) is 151 cm³/mol. The van der Waals surface area contributed by atoms with Crippen molar-refractivity contribution in [3.05, 3.63) is 63.4 Å². The summed E-state index contributed by atoms with van der Waals surface area (Å²) in [6.45, 7) is 5.07. The number of aromatic nitrogens is 1. The average Bonchev–Trinajstić information content (AvgIpc) is 3.33. The fourth-order valence-corrected chi connectivity index (χ4v) is 6.16. The monoisotopic (exact) mass is 519 g/mol. The lowest BCUT2D eigenvalue weighted by molar-refractivity contribution is 0.206. The fraction of sp³-hybridized carbons (Fsp3) is 0.448. The Hall–Kier alpha value is -3.21. The largest absolute Gasteiger partial charge is 0.383 e. The molecular formula is C29H34ClN5O2. The zero-order valence-corrected chi connectivity index (χ0v) is 22.6. The van der Waals surface area contributed by atoms with Crippen LogP contribution in [0.5, 0.6) is 0 Å². The van der Waals surface area contributed by atoms with Crippen molar-refractivity contribution < 1.29 is 4.74 Å². The Labute approximate surface area is 223 Å². The number of pyridine rings is 1. The van der Waals surface area contributed by atoms with Gasteiger partial charge in [0.15, 0.2) is 0 Å². The number of likely N-dealkylation sites (N-methyl/N-ethyl adjacent to an activating group) is 1. The summed E-state index contributed by atoms with van der Waals surface area (Å²) in [6, 6.07) is 16.5. The van der Waals surface area contributed by atoms with Gasteiger partial charge in [0.25, 0.3) is 5.56 Å². The number of fused-ring (bicyclic) bond motifs is 1. The van der Waals surface area contributed by atoms with Crippen molar-refractivity contribution in [2.45, 2.75) is 19.3 Å². The van der Waals surface area contributed by atoms with Gasteiger partial charge in [-0.3, -0.25) is 4.79 Å². The van der Waals surface area contributed by atoms with Gasteiger partial charge in [-0.05, 0) is 61.1 Å². The number of hydrogen-bond acceptors (Lipinski definition) is 6. The smallest absolute Gasteiger partial charge is 0.270 e. The number of nitrogens with zero attached hydrogens (tertiary/aromatic N) is 5. The standard InChI is InChI=1S/C29H34ClN5O2/c1-32(15-16-37-3)22-7-8-24-26(18-22)33(2)28(36)25(19-31)27(24)34-12-9-29(10-13-34)11-14-35(20-29)23-6-4-5-21(30)17-23/h4-8,17-18H,9-16,20H2,1-3H3. The molecule has 0 bridgehead atoms. The summed E-state index contributed by atoms with van der Waals surface area (Å²) in [6.07, 6.45) is 3.21. The lowest BCUT2D eigenvalue weighted by atomic mass is 9.77. The molecule has 0 atom stereocenters. The Morgan fingerprint density at radius 3 is 2.51 bits per heavy atom. The van der Waals surface area contributed by atoms with E-state index in [0.717, 1.165) is 79.3 Å². The Balaban J connectivity index is 1.42. The van der Waals surface area contributed by atoms with E-state index in [1.165, 1.54) is 5.69 Å². The van der Waals surface area contributed by atoms with Crippen molar-refractivity contribution in [2.24, 2.45) is 12.5 Å². The summed E-state index contributed by atoms with van der Waals surface area (Å²) < 4.78 is 6.83. The molecule has 2 aliphatic heterocycles. The van der Waals surface area contributed by atoms with E-state index in [9.17, 15) is 10.1 Å². The van der Waals surface area contributed by atoms with Gasteiger partial charge in [0, 0.05) is 75.7 Å². The number of rotatable bonds is 6. The molecule has 2 aromatic carbocycles. The minimum Gasteiger partial charge on any atom is -0.383 e. The van der Waals surface area contributed by atoms with E-state index in [0.29, 0.717) is 6.61 Å². The highest BCUT2D eigenvalue weighted by molar-refractivity contribution is 6.30. The molecular weight excluding hydrogens is 486 g/mol.